The highest BCUT2D eigenvalue weighted by Crippen LogP contribution is 2.38. The summed E-state index contributed by atoms with van der Waals surface area (Å²) in [4.78, 5) is 20.9. The van der Waals surface area contributed by atoms with E-state index in [0.29, 0.717) is 24.7 Å². The Balaban J connectivity index is 1.34. The first kappa shape index (κ1) is 29.3. The molecule has 2 heterocycles. The number of aryl methyl sites for hydroxylation is 1. The van der Waals surface area contributed by atoms with Crippen molar-refractivity contribution in [3.63, 3.8) is 0 Å². The molecular formula is C34H46N4O3. The number of anilines is 1. The van der Waals surface area contributed by atoms with E-state index in [9.17, 15) is 9.90 Å². The zero-order valence-electron chi connectivity index (χ0n) is 25.3. The van der Waals surface area contributed by atoms with Crippen LogP contribution in [0.5, 0.6) is 5.75 Å². The van der Waals surface area contributed by atoms with Crippen LogP contribution in [0.15, 0.2) is 48.8 Å². The maximum absolute atomic E-state index is 14.1. The number of carbonyl (C=O) groups excluding carboxylic acids is 1. The number of rotatable bonds is 7. The van der Waals surface area contributed by atoms with Crippen molar-refractivity contribution in [1.82, 2.24) is 14.8 Å². The highest BCUT2D eigenvalue weighted by molar-refractivity contribution is 5.95. The molecule has 2 aliphatic carbocycles. The van der Waals surface area contributed by atoms with Crippen LogP contribution in [0.2, 0.25) is 0 Å². The number of benzene rings is 1. The van der Waals surface area contributed by atoms with Crippen molar-refractivity contribution in [3.8, 4) is 16.9 Å². The van der Waals surface area contributed by atoms with E-state index in [1.165, 1.54) is 0 Å². The van der Waals surface area contributed by atoms with Gasteiger partial charge in [0.1, 0.15) is 5.75 Å². The van der Waals surface area contributed by atoms with E-state index in [-0.39, 0.29) is 23.5 Å². The molecule has 1 amide bonds. The number of hydrogen-bond acceptors (Lipinski definition) is 5. The topological polar surface area (TPSA) is 80.5 Å². The maximum Gasteiger partial charge on any atom is 0.230 e. The van der Waals surface area contributed by atoms with E-state index in [0.717, 1.165) is 79.0 Å². The van der Waals surface area contributed by atoms with E-state index in [1.807, 2.05) is 23.9 Å². The molecule has 0 radical (unpaired) electrons. The molecule has 41 heavy (non-hydrogen) atoms. The molecule has 0 bridgehead atoms. The normalized spacial score (nSPS) is 23.3. The quantitative estimate of drug-likeness (QED) is 0.342. The van der Waals surface area contributed by atoms with Crippen molar-refractivity contribution in [3.05, 3.63) is 60.2 Å². The lowest BCUT2D eigenvalue weighted by Gasteiger charge is -2.35. The van der Waals surface area contributed by atoms with Gasteiger partial charge in [0.25, 0.3) is 0 Å². The summed E-state index contributed by atoms with van der Waals surface area (Å²) in [6.45, 7) is 9.15. The molecule has 1 aromatic carbocycles. The number of aliphatic hydroxyl groups is 1. The highest BCUT2D eigenvalue weighted by Gasteiger charge is 2.32. The zero-order chi connectivity index (χ0) is 29.1. The largest absolute Gasteiger partial charge is 0.495 e. The van der Waals surface area contributed by atoms with Crippen LogP contribution < -0.4 is 9.64 Å². The van der Waals surface area contributed by atoms with Crippen LogP contribution in [0.3, 0.4) is 0 Å². The van der Waals surface area contributed by atoms with Gasteiger partial charge in [-0.05, 0) is 115 Å². The standard InChI is InChI=1S/C34H46N4O3/c1-23-32(41-5)18-17-31(36-23)25-11-9-24(10-12-25)21-37(33(40)26-13-15-30(39)16-14-26)29-8-6-7-27(19-29)28-20-35-38(22-28)34(2,3)4/h6-8,17-20,22,24-26,30,39H,9-16,21H2,1-5H3/t24-,25-,26-,30-. The van der Waals surface area contributed by atoms with E-state index >= 15 is 0 Å². The number of pyridine rings is 1. The molecule has 2 aromatic heterocycles. The van der Waals surface area contributed by atoms with E-state index < -0.39 is 0 Å². The molecule has 2 saturated carbocycles. The molecule has 5 rings (SSSR count). The summed E-state index contributed by atoms with van der Waals surface area (Å²) in [5.74, 6) is 1.89. The Hall–Kier alpha value is -3.19. The average Bonchev–Trinajstić information content (AvgIpc) is 3.48. The number of aromatic nitrogens is 3. The first-order valence-electron chi connectivity index (χ1n) is 15.3. The molecule has 0 spiro atoms. The Bertz CT molecular complexity index is 1330. The van der Waals surface area contributed by atoms with Crippen LogP contribution in [0.4, 0.5) is 5.69 Å². The Morgan fingerprint density at radius 1 is 1.02 bits per heavy atom. The minimum Gasteiger partial charge on any atom is -0.495 e. The number of nitrogens with zero attached hydrogens (tertiary/aromatic N) is 4. The van der Waals surface area contributed by atoms with Crippen LogP contribution in [0.25, 0.3) is 11.1 Å². The minimum atomic E-state index is -0.277. The lowest BCUT2D eigenvalue weighted by Crippen LogP contribution is -2.41. The third-order valence-corrected chi connectivity index (χ3v) is 9.06. The molecule has 7 nitrogen and oxygen atoms in total. The van der Waals surface area contributed by atoms with Gasteiger partial charge in [-0.15, -0.1) is 0 Å². The van der Waals surface area contributed by atoms with Gasteiger partial charge in [0, 0.05) is 41.5 Å². The number of hydrogen-bond donors (Lipinski definition) is 1. The molecule has 3 aromatic rings. The Morgan fingerprint density at radius 2 is 1.76 bits per heavy atom. The van der Waals surface area contributed by atoms with Crippen molar-refractivity contribution in [2.45, 2.75) is 96.6 Å². The van der Waals surface area contributed by atoms with Crippen molar-refractivity contribution in [2.75, 3.05) is 18.6 Å². The fourth-order valence-corrected chi connectivity index (χ4v) is 6.47. The fraction of sp³-hybridized carbons (Fsp3) is 0.559. The van der Waals surface area contributed by atoms with Gasteiger partial charge in [-0.25, -0.2) is 0 Å². The number of carbonyl (C=O) groups is 1. The number of aliphatic hydroxyl groups excluding tert-OH is 1. The number of amides is 1. The van der Waals surface area contributed by atoms with Crippen LogP contribution in [-0.2, 0) is 10.3 Å². The SMILES string of the molecule is COc1ccc([C@H]2CC[C@H](CN(c3cccc(-c4cnn(C(C)(C)C)c4)c3)C(=O)[C@H]3CC[C@H](O)CC3)CC2)nc1C. The van der Waals surface area contributed by atoms with Crippen LogP contribution >= 0.6 is 0 Å². The van der Waals surface area contributed by atoms with Gasteiger partial charge in [0.05, 0.1) is 30.6 Å². The summed E-state index contributed by atoms with van der Waals surface area (Å²) in [6.07, 6.45) is 10.9. The monoisotopic (exact) mass is 558 g/mol. The second-order valence-corrected chi connectivity index (χ2v) is 13.1. The third kappa shape index (κ3) is 6.83. The van der Waals surface area contributed by atoms with Crippen molar-refractivity contribution in [2.24, 2.45) is 11.8 Å². The van der Waals surface area contributed by atoms with Gasteiger partial charge in [-0.2, -0.15) is 5.10 Å². The predicted molar refractivity (Wildman–Crippen MR) is 163 cm³/mol. The van der Waals surface area contributed by atoms with Gasteiger partial charge in [-0.3, -0.25) is 14.5 Å². The molecule has 2 fully saturated rings. The fourth-order valence-electron chi connectivity index (χ4n) is 6.47. The molecule has 0 atom stereocenters. The third-order valence-electron chi connectivity index (χ3n) is 9.06. The second kappa shape index (κ2) is 12.4. The predicted octanol–water partition coefficient (Wildman–Crippen LogP) is 6.88. The summed E-state index contributed by atoms with van der Waals surface area (Å²) in [6, 6.07) is 12.5. The molecule has 220 valence electrons. The summed E-state index contributed by atoms with van der Waals surface area (Å²) < 4.78 is 7.39. The Labute approximate surface area is 244 Å². The van der Waals surface area contributed by atoms with Crippen molar-refractivity contribution >= 4 is 11.6 Å². The van der Waals surface area contributed by atoms with E-state index in [1.54, 1.807) is 7.11 Å². The highest BCUT2D eigenvalue weighted by atomic mass is 16.5. The smallest absolute Gasteiger partial charge is 0.230 e. The molecule has 0 aliphatic heterocycles. The van der Waals surface area contributed by atoms with Crippen LogP contribution in [-0.4, -0.2) is 45.5 Å². The molecule has 7 heteroatoms. The Morgan fingerprint density at radius 3 is 2.39 bits per heavy atom. The van der Waals surface area contributed by atoms with Crippen molar-refractivity contribution < 1.29 is 14.6 Å². The summed E-state index contributed by atoms with van der Waals surface area (Å²) >= 11 is 0. The molecule has 0 unspecified atom stereocenters. The van der Waals surface area contributed by atoms with Gasteiger partial charge in [0.2, 0.25) is 5.91 Å². The van der Waals surface area contributed by atoms with Gasteiger partial charge in [0.15, 0.2) is 0 Å². The first-order chi connectivity index (χ1) is 19.6. The van der Waals surface area contributed by atoms with Gasteiger partial charge < -0.3 is 14.7 Å². The van der Waals surface area contributed by atoms with Gasteiger partial charge in [-0.1, -0.05) is 12.1 Å². The zero-order valence-corrected chi connectivity index (χ0v) is 25.3. The average molecular weight is 559 g/mol. The minimum absolute atomic E-state index is 0.0338. The van der Waals surface area contributed by atoms with Crippen molar-refractivity contribution in [1.29, 1.82) is 0 Å². The maximum atomic E-state index is 14.1. The first-order valence-corrected chi connectivity index (χ1v) is 15.3. The van der Waals surface area contributed by atoms with Crippen LogP contribution in [0.1, 0.15) is 89.4 Å². The summed E-state index contributed by atoms with van der Waals surface area (Å²) in [7, 11) is 1.69. The number of methoxy groups -OCH3 is 1. The van der Waals surface area contributed by atoms with Crippen LogP contribution in [0, 0.1) is 18.8 Å². The van der Waals surface area contributed by atoms with Gasteiger partial charge >= 0.3 is 0 Å². The Kier molecular flexibility index (Phi) is 8.83. The molecule has 1 N–H and O–H groups in total. The molecule has 0 saturated heterocycles. The van der Waals surface area contributed by atoms with E-state index in [4.69, 9.17) is 9.72 Å². The summed E-state index contributed by atoms with van der Waals surface area (Å²) in [5.41, 5.74) is 5.07. The lowest BCUT2D eigenvalue weighted by molar-refractivity contribution is -0.124. The molecular weight excluding hydrogens is 512 g/mol. The van der Waals surface area contributed by atoms with E-state index in [2.05, 4.69) is 67.3 Å². The number of ether oxygens (including phenoxy) is 1. The second-order valence-electron chi connectivity index (χ2n) is 13.1. The lowest BCUT2D eigenvalue weighted by atomic mass is 9.79. The summed E-state index contributed by atoms with van der Waals surface area (Å²) in [5, 5.41) is 14.7. The molecule has 2 aliphatic rings.